The van der Waals surface area contributed by atoms with Crippen LogP contribution in [0.4, 0.5) is 11.4 Å². The first kappa shape index (κ1) is 11.0. The van der Waals surface area contributed by atoms with Crippen molar-refractivity contribution in [1.82, 2.24) is 0 Å². The van der Waals surface area contributed by atoms with Crippen molar-refractivity contribution in [2.24, 2.45) is 5.73 Å². The summed E-state index contributed by atoms with van der Waals surface area (Å²) in [4.78, 5) is 4.64. The van der Waals surface area contributed by atoms with E-state index in [9.17, 15) is 0 Å². The number of hydrogen-bond donors (Lipinski definition) is 1. The molecule has 0 atom stereocenters. The molecule has 1 aromatic rings. The first-order valence-electron chi connectivity index (χ1n) is 5.64. The maximum Gasteiger partial charge on any atom is 0.0607 e. The van der Waals surface area contributed by atoms with Gasteiger partial charge in [0.1, 0.15) is 0 Å². The van der Waals surface area contributed by atoms with Crippen molar-refractivity contribution < 1.29 is 0 Å². The normalized spacial score (nSPS) is 14.9. The van der Waals surface area contributed by atoms with Gasteiger partial charge in [-0.05, 0) is 17.7 Å². The number of para-hydroxylation sites is 2. The molecule has 0 radical (unpaired) electrons. The smallest absolute Gasteiger partial charge is 0.0607 e. The molecule has 3 nitrogen and oxygen atoms in total. The molecule has 0 aromatic heterocycles. The maximum absolute atomic E-state index is 5.60. The Morgan fingerprint density at radius 2 is 2.00 bits per heavy atom. The predicted octanol–water partition coefficient (Wildman–Crippen LogP) is 1.46. The highest BCUT2D eigenvalue weighted by Crippen LogP contribution is 2.31. The summed E-state index contributed by atoms with van der Waals surface area (Å²) in [6.07, 6.45) is 0. The van der Waals surface area contributed by atoms with E-state index in [2.05, 4.69) is 47.7 Å². The highest BCUT2D eigenvalue weighted by atomic mass is 15.2. The monoisotopic (exact) mass is 217 g/mol. The summed E-state index contributed by atoms with van der Waals surface area (Å²) in [5, 5.41) is 0. The van der Waals surface area contributed by atoms with Gasteiger partial charge in [-0.25, -0.2) is 0 Å². The van der Waals surface area contributed by atoms with E-state index in [1.807, 2.05) is 0 Å². The minimum Gasteiger partial charge on any atom is -0.371 e. The van der Waals surface area contributed by atoms with Crippen LogP contribution in [0.1, 0.15) is 0 Å². The van der Waals surface area contributed by atoms with Crippen LogP contribution in [0.15, 0.2) is 36.4 Å². The van der Waals surface area contributed by atoms with Crippen LogP contribution in [0.2, 0.25) is 0 Å². The fourth-order valence-electron chi connectivity index (χ4n) is 2.06. The van der Waals surface area contributed by atoms with Crippen molar-refractivity contribution in [2.45, 2.75) is 0 Å². The lowest BCUT2D eigenvalue weighted by atomic mass is 10.1. The highest BCUT2D eigenvalue weighted by Gasteiger charge is 2.19. The third kappa shape index (κ3) is 2.04. The Bertz CT molecular complexity index is 387. The average Bonchev–Trinajstić information content (AvgIpc) is 2.33. The molecule has 1 aliphatic rings. The van der Waals surface area contributed by atoms with Crippen molar-refractivity contribution in [1.29, 1.82) is 0 Å². The zero-order chi connectivity index (χ0) is 11.5. The number of likely N-dealkylation sites (N-methyl/N-ethyl adjacent to an activating group) is 1. The van der Waals surface area contributed by atoms with Gasteiger partial charge in [-0.1, -0.05) is 18.7 Å². The maximum atomic E-state index is 5.60. The van der Waals surface area contributed by atoms with Crippen LogP contribution in [0, 0.1) is 0 Å². The largest absolute Gasteiger partial charge is 0.371 e. The molecule has 0 saturated carbocycles. The Labute approximate surface area is 97.2 Å². The number of anilines is 2. The molecule has 1 aliphatic heterocycles. The van der Waals surface area contributed by atoms with Crippen molar-refractivity contribution in [3.05, 3.63) is 36.4 Å². The van der Waals surface area contributed by atoms with E-state index in [0.29, 0.717) is 6.54 Å². The van der Waals surface area contributed by atoms with Gasteiger partial charge in [0.2, 0.25) is 0 Å². The van der Waals surface area contributed by atoms with Crippen molar-refractivity contribution in [2.75, 3.05) is 43.0 Å². The van der Waals surface area contributed by atoms with Crippen LogP contribution in [-0.2, 0) is 0 Å². The van der Waals surface area contributed by atoms with E-state index in [1.54, 1.807) is 0 Å². The quantitative estimate of drug-likeness (QED) is 0.778. The van der Waals surface area contributed by atoms with Crippen LogP contribution in [0.25, 0.3) is 0 Å². The third-order valence-electron chi connectivity index (χ3n) is 3.04. The van der Waals surface area contributed by atoms with Gasteiger partial charge in [0, 0.05) is 33.2 Å². The van der Waals surface area contributed by atoms with Crippen LogP contribution in [0.3, 0.4) is 0 Å². The Kier molecular flexibility index (Phi) is 3.15. The zero-order valence-electron chi connectivity index (χ0n) is 9.82. The first-order chi connectivity index (χ1) is 7.72. The molecule has 0 amide bonds. The molecule has 1 aromatic carbocycles. The summed E-state index contributed by atoms with van der Waals surface area (Å²) in [5.74, 6) is 0. The molecule has 0 unspecified atom stereocenters. The van der Waals surface area contributed by atoms with Crippen LogP contribution in [0.5, 0.6) is 0 Å². The Hall–Kier alpha value is -1.48. The lowest BCUT2D eigenvalue weighted by Crippen LogP contribution is -2.40. The van der Waals surface area contributed by atoms with E-state index in [1.165, 1.54) is 11.4 Å². The number of nitrogens with zero attached hydrogens (tertiary/aromatic N) is 2. The molecule has 16 heavy (non-hydrogen) atoms. The van der Waals surface area contributed by atoms with Gasteiger partial charge in [-0.2, -0.15) is 0 Å². The first-order valence-corrected chi connectivity index (χ1v) is 5.64. The molecule has 0 bridgehead atoms. The van der Waals surface area contributed by atoms with Crippen LogP contribution < -0.4 is 15.5 Å². The van der Waals surface area contributed by atoms with Crippen molar-refractivity contribution in [3.8, 4) is 0 Å². The number of nitrogens with two attached hydrogens (primary N) is 1. The van der Waals surface area contributed by atoms with E-state index in [0.717, 1.165) is 25.2 Å². The Morgan fingerprint density at radius 3 is 2.69 bits per heavy atom. The Balaban J connectivity index is 2.24. The fourth-order valence-corrected chi connectivity index (χ4v) is 2.06. The number of benzene rings is 1. The van der Waals surface area contributed by atoms with E-state index in [-0.39, 0.29) is 0 Å². The molecule has 2 rings (SSSR count). The summed E-state index contributed by atoms with van der Waals surface area (Å²) in [7, 11) is 2.13. The van der Waals surface area contributed by atoms with Crippen molar-refractivity contribution >= 4 is 11.4 Å². The summed E-state index contributed by atoms with van der Waals surface area (Å²) < 4.78 is 0. The van der Waals surface area contributed by atoms with Crippen LogP contribution in [-0.4, -0.2) is 33.2 Å². The minimum atomic E-state index is 0.564. The van der Waals surface area contributed by atoms with Gasteiger partial charge in [-0.15, -0.1) is 0 Å². The van der Waals surface area contributed by atoms with Gasteiger partial charge in [0.25, 0.3) is 0 Å². The summed E-state index contributed by atoms with van der Waals surface area (Å²) in [5.41, 5.74) is 9.26. The standard InChI is InChI=1S/C13H19N3/c1-11(9-14)10-16-8-7-15(2)12-5-3-4-6-13(12)16/h3-6H,1,7-10,14H2,2H3. The lowest BCUT2D eigenvalue weighted by molar-refractivity contribution is 0.757. The minimum absolute atomic E-state index is 0.564. The second-order valence-electron chi connectivity index (χ2n) is 4.29. The number of hydrogen-bond acceptors (Lipinski definition) is 3. The molecule has 0 fully saturated rings. The van der Waals surface area contributed by atoms with E-state index >= 15 is 0 Å². The molecule has 2 N–H and O–H groups in total. The molecule has 0 saturated heterocycles. The fraction of sp³-hybridized carbons (Fsp3) is 0.385. The highest BCUT2D eigenvalue weighted by molar-refractivity contribution is 5.73. The van der Waals surface area contributed by atoms with Gasteiger partial charge in [0.15, 0.2) is 0 Å². The summed E-state index contributed by atoms with van der Waals surface area (Å²) in [6.45, 7) is 7.49. The molecule has 0 aliphatic carbocycles. The third-order valence-corrected chi connectivity index (χ3v) is 3.04. The summed E-state index contributed by atoms with van der Waals surface area (Å²) >= 11 is 0. The number of fused-ring (bicyclic) bond motifs is 1. The Morgan fingerprint density at radius 1 is 1.31 bits per heavy atom. The molecule has 1 heterocycles. The van der Waals surface area contributed by atoms with Crippen LogP contribution >= 0.6 is 0 Å². The molecule has 86 valence electrons. The SMILES string of the molecule is C=C(CN)CN1CCN(C)c2ccccc21. The second-order valence-corrected chi connectivity index (χ2v) is 4.29. The van der Waals surface area contributed by atoms with Gasteiger partial charge in [0.05, 0.1) is 11.4 Å². The second kappa shape index (κ2) is 4.58. The molecule has 0 spiro atoms. The summed E-state index contributed by atoms with van der Waals surface area (Å²) in [6, 6.07) is 8.48. The van der Waals surface area contributed by atoms with E-state index in [4.69, 9.17) is 5.73 Å². The zero-order valence-corrected chi connectivity index (χ0v) is 9.82. The number of rotatable bonds is 3. The average molecular weight is 217 g/mol. The molecule has 3 heteroatoms. The van der Waals surface area contributed by atoms with Gasteiger partial charge >= 0.3 is 0 Å². The molecular weight excluding hydrogens is 198 g/mol. The van der Waals surface area contributed by atoms with Gasteiger partial charge < -0.3 is 15.5 Å². The topological polar surface area (TPSA) is 32.5 Å². The molecular formula is C13H19N3. The predicted molar refractivity (Wildman–Crippen MR) is 70.1 cm³/mol. The van der Waals surface area contributed by atoms with Gasteiger partial charge in [-0.3, -0.25) is 0 Å². The lowest BCUT2D eigenvalue weighted by Gasteiger charge is -2.37. The van der Waals surface area contributed by atoms with Crippen molar-refractivity contribution in [3.63, 3.8) is 0 Å². The van der Waals surface area contributed by atoms with E-state index < -0.39 is 0 Å².